The molecule has 1 saturated carbocycles. The van der Waals surface area contributed by atoms with Crippen molar-refractivity contribution in [3.63, 3.8) is 0 Å². The highest BCUT2D eigenvalue weighted by atomic mass is 32.2. The lowest BCUT2D eigenvalue weighted by atomic mass is 10.1. The first-order valence-corrected chi connectivity index (χ1v) is 11.4. The number of nitrogens with one attached hydrogen (secondary N) is 1. The molecule has 1 spiro atoms. The number of thioether (sulfide) groups is 1. The van der Waals surface area contributed by atoms with E-state index in [4.69, 9.17) is 9.47 Å². The van der Waals surface area contributed by atoms with E-state index in [9.17, 15) is 4.79 Å². The van der Waals surface area contributed by atoms with Crippen LogP contribution in [-0.4, -0.2) is 32.2 Å². The summed E-state index contributed by atoms with van der Waals surface area (Å²) in [5.41, 5.74) is 4.03. The van der Waals surface area contributed by atoms with Gasteiger partial charge in [-0.3, -0.25) is 9.36 Å². The number of hydrogen-bond acceptors (Lipinski definition) is 6. The minimum Gasteiger partial charge on any atom is -0.448 e. The normalized spacial score (nSPS) is 16.1. The molecule has 0 saturated heterocycles. The highest BCUT2D eigenvalue weighted by molar-refractivity contribution is 7.99. The molecule has 7 nitrogen and oxygen atoms in total. The molecule has 1 amide bonds. The first-order chi connectivity index (χ1) is 15.0. The number of anilines is 1. The van der Waals surface area contributed by atoms with Crippen LogP contribution in [0.5, 0.6) is 11.5 Å². The SMILES string of the molecule is Cc1ccc(-n2cnnc2SCC(=O)Nc2ccc3c(c2)OC2(CCCC2)O3)c(C)c1. The molecule has 5 rings (SSSR count). The van der Waals surface area contributed by atoms with Crippen LogP contribution in [-0.2, 0) is 4.79 Å². The Morgan fingerprint density at radius 1 is 1.13 bits per heavy atom. The fourth-order valence-corrected chi connectivity index (χ4v) is 4.90. The number of fused-ring (bicyclic) bond motifs is 1. The van der Waals surface area contributed by atoms with Gasteiger partial charge in [-0.1, -0.05) is 29.5 Å². The Labute approximate surface area is 185 Å². The van der Waals surface area contributed by atoms with Gasteiger partial charge in [0.25, 0.3) is 5.79 Å². The molecule has 0 radical (unpaired) electrons. The van der Waals surface area contributed by atoms with Crippen LogP contribution in [0.2, 0.25) is 0 Å². The number of aromatic nitrogens is 3. The van der Waals surface area contributed by atoms with Crippen LogP contribution < -0.4 is 14.8 Å². The zero-order valence-electron chi connectivity index (χ0n) is 17.6. The van der Waals surface area contributed by atoms with Gasteiger partial charge in [-0.15, -0.1) is 10.2 Å². The van der Waals surface area contributed by atoms with Gasteiger partial charge in [-0.2, -0.15) is 0 Å². The van der Waals surface area contributed by atoms with Gasteiger partial charge in [0.05, 0.1) is 11.4 Å². The lowest BCUT2D eigenvalue weighted by molar-refractivity contribution is -0.113. The van der Waals surface area contributed by atoms with Gasteiger partial charge in [-0.05, 0) is 50.5 Å². The van der Waals surface area contributed by atoms with Crippen molar-refractivity contribution in [3.8, 4) is 17.2 Å². The quantitative estimate of drug-likeness (QED) is 0.586. The van der Waals surface area contributed by atoms with Crippen LogP contribution in [0.4, 0.5) is 5.69 Å². The molecule has 8 heteroatoms. The monoisotopic (exact) mass is 436 g/mol. The molecule has 31 heavy (non-hydrogen) atoms. The third kappa shape index (κ3) is 3.99. The second kappa shape index (κ2) is 7.92. The topological polar surface area (TPSA) is 78.3 Å². The molecule has 1 fully saturated rings. The molecule has 1 aromatic heterocycles. The zero-order valence-corrected chi connectivity index (χ0v) is 18.4. The molecular weight excluding hydrogens is 412 g/mol. The summed E-state index contributed by atoms with van der Waals surface area (Å²) in [7, 11) is 0. The maximum Gasteiger partial charge on any atom is 0.251 e. The third-order valence-corrected chi connectivity index (χ3v) is 6.59. The minimum atomic E-state index is -0.501. The van der Waals surface area contributed by atoms with E-state index in [1.165, 1.54) is 17.3 Å². The Bertz CT molecular complexity index is 1140. The number of carbonyl (C=O) groups is 1. The summed E-state index contributed by atoms with van der Waals surface area (Å²) >= 11 is 1.35. The number of nitrogens with zero attached hydrogens (tertiary/aromatic N) is 3. The lowest BCUT2D eigenvalue weighted by Gasteiger charge is -2.21. The average Bonchev–Trinajstić information content (AvgIpc) is 3.46. The largest absolute Gasteiger partial charge is 0.448 e. The summed E-state index contributed by atoms with van der Waals surface area (Å²) in [6.07, 6.45) is 5.71. The zero-order chi connectivity index (χ0) is 21.4. The van der Waals surface area contributed by atoms with E-state index < -0.39 is 5.79 Å². The average molecular weight is 437 g/mol. The molecule has 1 aliphatic heterocycles. The molecule has 0 unspecified atom stereocenters. The van der Waals surface area contributed by atoms with Crippen LogP contribution in [0, 0.1) is 13.8 Å². The highest BCUT2D eigenvalue weighted by Crippen LogP contribution is 2.47. The van der Waals surface area contributed by atoms with Crippen LogP contribution in [0.1, 0.15) is 36.8 Å². The van der Waals surface area contributed by atoms with Gasteiger partial charge in [0.2, 0.25) is 5.91 Å². The van der Waals surface area contributed by atoms with Crippen molar-refractivity contribution in [1.29, 1.82) is 0 Å². The molecule has 0 bridgehead atoms. The molecule has 2 aromatic carbocycles. The predicted molar refractivity (Wildman–Crippen MR) is 119 cm³/mol. The van der Waals surface area contributed by atoms with E-state index in [-0.39, 0.29) is 11.7 Å². The molecule has 3 aromatic rings. The lowest BCUT2D eigenvalue weighted by Crippen LogP contribution is -2.34. The highest BCUT2D eigenvalue weighted by Gasteiger charge is 2.44. The van der Waals surface area contributed by atoms with Crippen molar-refractivity contribution in [1.82, 2.24) is 14.8 Å². The third-order valence-electron chi connectivity index (χ3n) is 5.65. The number of aryl methyl sites for hydroxylation is 2. The van der Waals surface area contributed by atoms with E-state index in [0.717, 1.165) is 42.7 Å². The molecular formula is C23H24N4O3S. The number of carbonyl (C=O) groups excluding carboxylic acids is 1. The summed E-state index contributed by atoms with van der Waals surface area (Å²) < 4.78 is 14.0. The molecule has 2 heterocycles. The van der Waals surface area contributed by atoms with Crippen LogP contribution in [0.15, 0.2) is 47.9 Å². The van der Waals surface area contributed by atoms with Gasteiger partial charge in [0.15, 0.2) is 16.7 Å². The van der Waals surface area contributed by atoms with Crippen LogP contribution >= 0.6 is 11.8 Å². The second-order valence-electron chi connectivity index (χ2n) is 8.09. The van der Waals surface area contributed by atoms with E-state index in [1.54, 1.807) is 6.33 Å². The first kappa shape index (κ1) is 19.9. The van der Waals surface area contributed by atoms with Gasteiger partial charge < -0.3 is 14.8 Å². The standard InChI is InChI=1S/C23H24N4O3S/c1-15-5-7-18(16(2)11-15)27-14-24-26-22(27)31-13-21(28)25-17-6-8-19-20(12-17)30-23(29-19)9-3-4-10-23/h5-8,11-12,14H,3-4,9-10,13H2,1-2H3,(H,25,28). The Morgan fingerprint density at radius 3 is 2.74 bits per heavy atom. The van der Waals surface area contributed by atoms with Gasteiger partial charge in [0.1, 0.15) is 6.33 Å². The predicted octanol–water partition coefficient (Wildman–Crippen LogP) is 4.66. The van der Waals surface area contributed by atoms with Gasteiger partial charge in [0, 0.05) is 24.6 Å². The van der Waals surface area contributed by atoms with Crippen molar-refractivity contribution < 1.29 is 14.3 Å². The Kier molecular flexibility index (Phi) is 5.09. The van der Waals surface area contributed by atoms with E-state index >= 15 is 0 Å². The van der Waals surface area contributed by atoms with Crippen molar-refractivity contribution in [3.05, 3.63) is 53.9 Å². The summed E-state index contributed by atoms with van der Waals surface area (Å²) in [6.45, 7) is 4.12. The van der Waals surface area contributed by atoms with E-state index in [2.05, 4.69) is 41.5 Å². The Balaban J connectivity index is 1.23. The maximum atomic E-state index is 12.6. The van der Waals surface area contributed by atoms with E-state index in [1.807, 2.05) is 28.8 Å². The molecule has 0 atom stereocenters. The van der Waals surface area contributed by atoms with Gasteiger partial charge in [-0.25, -0.2) is 0 Å². The van der Waals surface area contributed by atoms with Crippen molar-refractivity contribution >= 4 is 23.4 Å². The number of benzene rings is 2. The molecule has 1 aliphatic carbocycles. The fourth-order valence-electron chi connectivity index (χ4n) is 4.18. The van der Waals surface area contributed by atoms with Crippen LogP contribution in [0.3, 0.4) is 0 Å². The molecule has 2 aliphatic rings. The summed E-state index contributed by atoms with van der Waals surface area (Å²) in [6, 6.07) is 11.8. The van der Waals surface area contributed by atoms with Gasteiger partial charge >= 0.3 is 0 Å². The van der Waals surface area contributed by atoms with Crippen LogP contribution in [0.25, 0.3) is 5.69 Å². The smallest absolute Gasteiger partial charge is 0.251 e. The maximum absolute atomic E-state index is 12.6. The van der Waals surface area contributed by atoms with Crippen molar-refractivity contribution in [2.45, 2.75) is 50.5 Å². The van der Waals surface area contributed by atoms with Crippen molar-refractivity contribution in [2.75, 3.05) is 11.1 Å². The number of ether oxygens (including phenoxy) is 2. The molecule has 1 N–H and O–H groups in total. The Hall–Kier alpha value is -3.00. The summed E-state index contributed by atoms with van der Waals surface area (Å²) in [4.78, 5) is 12.6. The minimum absolute atomic E-state index is 0.116. The summed E-state index contributed by atoms with van der Waals surface area (Å²) in [5.74, 6) is 1.05. The number of amides is 1. The number of hydrogen-bond donors (Lipinski definition) is 1. The molecule has 160 valence electrons. The summed E-state index contributed by atoms with van der Waals surface area (Å²) in [5, 5.41) is 11.8. The van der Waals surface area contributed by atoms with Crippen molar-refractivity contribution in [2.24, 2.45) is 0 Å². The van der Waals surface area contributed by atoms with E-state index in [0.29, 0.717) is 16.6 Å². The first-order valence-electron chi connectivity index (χ1n) is 10.4. The second-order valence-corrected chi connectivity index (χ2v) is 9.04. The fraction of sp³-hybridized carbons (Fsp3) is 0.348. The Morgan fingerprint density at radius 2 is 1.94 bits per heavy atom. The number of rotatable bonds is 5.